The summed E-state index contributed by atoms with van der Waals surface area (Å²) >= 11 is 0. The van der Waals surface area contributed by atoms with E-state index in [4.69, 9.17) is 9.47 Å². The summed E-state index contributed by atoms with van der Waals surface area (Å²) < 4.78 is 10.8. The number of hydrogen-bond donors (Lipinski definition) is 2. The molecule has 1 heterocycles. The van der Waals surface area contributed by atoms with Gasteiger partial charge in [0.05, 0.1) is 11.8 Å². The summed E-state index contributed by atoms with van der Waals surface area (Å²) in [6, 6.07) is 5.85. The van der Waals surface area contributed by atoms with Gasteiger partial charge in [0.2, 0.25) is 0 Å². The number of anilines is 1. The van der Waals surface area contributed by atoms with Crippen LogP contribution in [0, 0.1) is 0 Å². The first-order valence-corrected chi connectivity index (χ1v) is 7.03. The molecule has 0 spiro atoms. The minimum atomic E-state index is -0.103. The molecule has 0 atom stereocenters. The highest BCUT2D eigenvalue weighted by atomic mass is 16.5. The molecule has 0 saturated heterocycles. The first kappa shape index (κ1) is 14.8. The molecule has 1 aromatic carbocycles. The number of ether oxygens (including phenoxy) is 2. The van der Waals surface area contributed by atoms with Gasteiger partial charge in [0.1, 0.15) is 5.75 Å². The number of hydrogen-bond acceptors (Lipinski definition) is 4. The number of amides is 1. The van der Waals surface area contributed by atoms with Crippen molar-refractivity contribution in [3.63, 3.8) is 0 Å². The van der Waals surface area contributed by atoms with Gasteiger partial charge in [-0.05, 0) is 44.5 Å². The molecule has 2 rings (SSSR count). The van der Waals surface area contributed by atoms with Crippen molar-refractivity contribution in [1.29, 1.82) is 0 Å². The lowest BCUT2D eigenvalue weighted by Gasteiger charge is -2.18. The number of nitrogens with one attached hydrogen (secondary N) is 2. The van der Waals surface area contributed by atoms with Crippen molar-refractivity contribution < 1.29 is 14.3 Å². The number of fused-ring (bicyclic) bond motifs is 1. The molecule has 0 saturated carbocycles. The maximum Gasteiger partial charge on any atom is 0.262 e. The molecule has 2 N–H and O–H groups in total. The van der Waals surface area contributed by atoms with Crippen LogP contribution >= 0.6 is 0 Å². The molecule has 0 unspecified atom stereocenters. The minimum absolute atomic E-state index is 0.0977. The van der Waals surface area contributed by atoms with Crippen LogP contribution in [-0.4, -0.2) is 31.8 Å². The van der Waals surface area contributed by atoms with Crippen molar-refractivity contribution in [2.24, 2.45) is 0 Å². The molecule has 0 fully saturated rings. The van der Waals surface area contributed by atoms with Crippen LogP contribution < -0.4 is 15.4 Å². The molecule has 110 valence electrons. The van der Waals surface area contributed by atoms with Crippen LogP contribution in [0.25, 0.3) is 0 Å². The summed E-state index contributed by atoms with van der Waals surface area (Å²) in [5.74, 6) is 0.632. The number of carbonyl (C=O) groups is 1. The molecular formula is C15H22N2O3. The summed E-state index contributed by atoms with van der Waals surface area (Å²) in [5.41, 5.74) is 1.88. The van der Waals surface area contributed by atoms with Crippen LogP contribution in [0.1, 0.15) is 25.8 Å². The van der Waals surface area contributed by atoms with E-state index in [1.807, 2.05) is 32.0 Å². The molecule has 0 aromatic heterocycles. The Morgan fingerprint density at radius 2 is 2.30 bits per heavy atom. The third-order valence-corrected chi connectivity index (χ3v) is 2.96. The summed E-state index contributed by atoms with van der Waals surface area (Å²) in [4.78, 5) is 11.3. The number of benzene rings is 1. The zero-order chi connectivity index (χ0) is 14.4. The molecule has 0 radical (unpaired) electrons. The average molecular weight is 278 g/mol. The van der Waals surface area contributed by atoms with Crippen LogP contribution in [0.3, 0.4) is 0 Å². The lowest BCUT2D eigenvalue weighted by atomic mass is 10.1. The first-order valence-electron chi connectivity index (χ1n) is 7.03. The summed E-state index contributed by atoms with van der Waals surface area (Å²) in [6.07, 6.45) is 1.28. The van der Waals surface area contributed by atoms with Crippen LogP contribution in [-0.2, 0) is 16.1 Å². The Labute approximate surface area is 119 Å². The molecule has 5 nitrogen and oxygen atoms in total. The Bertz CT molecular complexity index is 460. The van der Waals surface area contributed by atoms with Gasteiger partial charge in [-0.1, -0.05) is 6.07 Å². The van der Waals surface area contributed by atoms with E-state index in [2.05, 4.69) is 10.6 Å². The van der Waals surface area contributed by atoms with E-state index >= 15 is 0 Å². The van der Waals surface area contributed by atoms with Crippen LogP contribution in [0.15, 0.2) is 18.2 Å². The van der Waals surface area contributed by atoms with E-state index in [1.54, 1.807) is 0 Å². The molecular weight excluding hydrogens is 256 g/mol. The van der Waals surface area contributed by atoms with E-state index in [9.17, 15) is 4.79 Å². The molecule has 0 bridgehead atoms. The van der Waals surface area contributed by atoms with Gasteiger partial charge in [0.15, 0.2) is 6.61 Å². The van der Waals surface area contributed by atoms with Gasteiger partial charge in [0.25, 0.3) is 5.91 Å². The Morgan fingerprint density at radius 3 is 3.10 bits per heavy atom. The molecule has 1 aromatic rings. The van der Waals surface area contributed by atoms with E-state index in [0.717, 1.165) is 43.1 Å². The van der Waals surface area contributed by atoms with Crippen molar-refractivity contribution in [3.05, 3.63) is 23.8 Å². The molecule has 1 amide bonds. The van der Waals surface area contributed by atoms with E-state index in [0.29, 0.717) is 6.10 Å². The second-order valence-electron chi connectivity index (χ2n) is 5.12. The maximum absolute atomic E-state index is 11.3. The second-order valence-corrected chi connectivity index (χ2v) is 5.12. The Balaban J connectivity index is 1.74. The SMILES string of the molecule is CC(C)OCCCNCc1ccc2c(c1)NC(=O)CO2. The fourth-order valence-corrected chi connectivity index (χ4v) is 1.99. The van der Waals surface area contributed by atoms with Crippen LogP contribution in [0.2, 0.25) is 0 Å². The predicted molar refractivity (Wildman–Crippen MR) is 78.0 cm³/mol. The van der Waals surface area contributed by atoms with Gasteiger partial charge in [-0.15, -0.1) is 0 Å². The highest BCUT2D eigenvalue weighted by Gasteiger charge is 2.15. The molecule has 0 aliphatic carbocycles. The predicted octanol–water partition coefficient (Wildman–Crippen LogP) is 1.92. The highest BCUT2D eigenvalue weighted by molar-refractivity contribution is 5.95. The monoisotopic (exact) mass is 278 g/mol. The quantitative estimate of drug-likeness (QED) is 0.748. The second kappa shape index (κ2) is 7.26. The first-order chi connectivity index (χ1) is 9.65. The summed E-state index contributed by atoms with van der Waals surface area (Å²) in [7, 11) is 0. The lowest BCUT2D eigenvalue weighted by molar-refractivity contribution is -0.118. The third-order valence-electron chi connectivity index (χ3n) is 2.96. The van der Waals surface area contributed by atoms with Crippen molar-refractivity contribution in [2.45, 2.75) is 32.9 Å². The molecule has 1 aliphatic rings. The number of carbonyl (C=O) groups excluding carboxylic acids is 1. The minimum Gasteiger partial charge on any atom is -0.482 e. The average Bonchev–Trinajstić information content (AvgIpc) is 2.42. The molecule has 20 heavy (non-hydrogen) atoms. The van der Waals surface area contributed by atoms with Crippen molar-refractivity contribution in [3.8, 4) is 5.75 Å². The zero-order valence-electron chi connectivity index (χ0n) is 12.1. The van der Waals surface area contributed by atoms with Gasteiger partial charge in [-0.3, -0.25) is 4.79 Å². The topological polar surface area (TPSA) is 59.6 Å². The molecule has 5 heteroatoms. The van der Waals surface area contributed by atoms with Crippen LogP contribution in [0.5, 0.6) is 5.75 Å². The Hall–Kier alpha value is -1.59. The summed E-state index contributed by atoms with van der Waals surface area (Å²) in [5, 5.41) is 6.17. The summed E-state index contributed by atoms with van der Waals surface area (Å²) in [6.45, 7) is 6.63. The van der Waals surface area contributed by atoms with Crippen molar-refractivity contribution in [1.82, 2.24) is 5.32 Å². The van der Waals surface area contributed by atoms with Crippen molar-refractivity contribution in [2.75, 3.05) is 25.1 Å². The van der Waals surface area contributed by atoms with Gasteiger partial charge in [-0.2, -0.15) is 0 Å². The maximum atomic E-state index is 11.3. The van der Waals surface area contributed by atoms with E-state index < -0.39 is 0 Å². The lowest BCUT2D eigenvalue weighted by Crippen LogP contribution is -2.25. The van der Waals surface area contributed by atoms with Gasteiger partial charge in [-0.25, -0.2) is 0 Å². The largest absolute Gasteiger partial charge is 0.482 e. The fraction of sp³-hybridized carbons (Fsp3) is 0.533. The normalized spacial score (nSPS) is 13.8. The van der Waals surface area contributed by atoms with E-state index in [-0.39, 0.29) is 12.5 Å². The van der Waals surface area contributed by atoms with Crippen LogP contribution in [0.4, 0.5) is 5.69 Å². The fourth-order valence-electron chi connectivity index (χ4n) is 1.99. The molecule has 1 aliphatic heterocycles. The smallest absolute Gasteiger partial charge is 0.262 e. The van der Waals surface area contributed by atoms with Gasteiger partial charge < -0.3 is 20.1 Å². The Kier molecular flexibility index (Phi) is 5.38. The standard InChI is InChI=1S/C15H22N2O3/c1-11(2)19-7-3-6-16-9-12-4-5-14-13(8-12)17-15(18)10-20-14/h4-5,8,11,16H,3,6-7,9-10H2,1-2H3,(H,17,18). The number of rotatable bonds is 7. The Morgan fingerprint density at radius 1 is 1.45 bits per heavy atom. The van der Waals surface area contributed by atoms with Gasteiger partial charge in [0, 0.05) is 13.2 Å². The van der Waals surface area contributed by atoms with Crippen molar-refractivity contribution >= 4 is 11.6 Å². The highest BCUT2D eigenvalue weighted by Crippen LogP contribution is 2.28. The zero-order valence-corrected chi connectivity index (χ0v) is 12.1. The van der Waals surface area contributed by atoms with E-state index in [1.165, 1.54) is 0 Å². The van der Waals surface area contributed by atoms with Gasteiger partial charge >= 0.3 is 0 Å². The third kappa shape index (κ3) is 4.51.